The van der Waals surface area contributed by atoms with E-state index in [1.807, 2.05) is 33.8 Å². The summed E-state index contributed by atoms with van der Waals surface area (Å²) in [7, 11) is 0. The lowest BCUT2D eigenvalue weighted by atomic mass is 9.86. The number of carbonyl (C=O) groups is 1. The van der Waals surface area contributed by atoms with E-state index in [4.69, 9.17) is 11.6 Å². The van der Waals surface area contributed by atoms with Crippen LogP contribution in [-0.4, -0.2) is 27.1 Å². The van der Waals surface area contributed by atoms with E-state index < -0.39 is 0 Å². The number of rotatable bonds is 1. The monoisotopic (exact) mass is 349 g/mol. The minimum atomic E-state index is 0.0842. The van der Waals surface area contributed by atoms with Gasteiger partial charge in [-0.2, -0.15) is 5.10 Å². The first-order valence-corrected chi connectivity index (χ1v) is 8.82. The van der Waals surface area contributed by atoms with E-state index in [2.05, 4.69) is 29.4 Å². The third-order valence-electron chi connectivity index (χ3n) is 5.23. The summed E-state index contributed by atoms with van der Waals surface area (Å²) >= 11 is 6.00. The van der Waals surface area contributed by atoms with Gasteiger partial charge in [-0.3, -0.25) is 4.79 Å². The molecule has 5 heteroatoms. The molecule has 0 N–H and O–H groups in total. The fourth-order valence-electron chi connectivity index (χ4n) is 4.01. The Balaban J connectivity index is 1.62. The van der Waals surface area contributed by atoms with Crippen LogP contribution in [0.4, 0.5) is 0 Å². The van der Waals surface area contributed by atoms with Gasteiger partial charge in [-0.05, 0) is 41.8 Å². The Hall–Kier alpha value is -2.59. The predicted octanol–water partition coefficient (Wildman–Crippen LogP) is 3.82. The Bertz CT molecular complexity index is 977. The SMILES string of the molecule is O=C1c2cnn(-c3ccc(Cl)cc3)c2C[C@@H]2c3ccccc3CCN12. The first-order chi connectivity index (χ1) is 12.2. The molecule has 0 fully saturated rings. The summed E-state index contributed by atoms with van der Waals surface area (Å²) in [6.45, 7) is 0.770. The third kappa shape index (κ3) is 2.21. The molecule has 25 heavy (non-hydrogen) atoms. The average molecular weight is 350 g/mol. The number of amides is 1. The molecule has 4 nitrogen and oxygen atoms in total. The molecule has 3 aromatic rings. The molecule has 2 aliphatic heterocycles. The number of nitrogens with zero attached hydrogens (tertiary/aromatic N) is 3. The van der Waals surface area contributed by atoms with Crippen molar-refractivity contribution in [1.82, 2.24) is 14.7 Å². The topological polar surface area (TPSA) is 38.1 Å². The second-order valence-corrected chi connectivity index (χ2v) is 7.00. The Morgan fingerprint density at radius 3 is 2.72 bits per heavy atom. The van der Waals surface area contributed by atoms with E-state index in [9.17, 15) is 4.79 Å². The lowest BCUT2D eigenvalue weighted by Crippen LogP contribution is -2.44. The maximum atomic E-state index is 13.0. The fraction of sp³-hybridized carbons (Fsp3) is 0.200. The zero-order valence-electron chi connectivity index (χ0n) is 13.5. The normalized spacial score (nSPS) is 18.5. The van der Waals surface area contributed by atoms with E-state index in [1.165, 1.54) is 11.1 Å². The van der Waals surface area contributed by atoms with Crippen LogP contribution in [0.1, 0.15) is 33.2 Å². The molecule has 1 atom stereocenters. The minimum Gasteiger partial charge on any atom is -0.331 e. The van der Waals surface area contributed by atoms with Crippen molar-refractivity contribution in [3.8, 4) is 5.69 Å². The van der Waals surface area contributed by atoms with Gasteiger partial charge in [0.2, 0.25) is 0 Å². The lowest BCUT2D eigenvalue weighted by molar-refractivity contribution is 0.0629. The zero-order valence-corrected chi connectivity index (χ0v) is 14.3. The highest BCUT2D eigenvalue weighted by atomic mass is 35.5. The molecule has 0 spiro atoms. The van der Waals surface area contributed by atoms with Crippen LogP contribution >= 0.6 is 11.6 Å². The number of benzene rings is 2. The summed E-state index contributed by atoms with van der Waals surface area (Å²) in [5.74, 6) is 0.0842. The van der Waals surface area contributed by atoms with Gasteiger partial charge < -0.3 is 4.90 Å². The van der Waals surface area contributed by atoms with E-state index in [1.54, 1.807) is 6.20 Å². The van der Waals surface area contributed by atoms with Crippen molar-refractivity contribution in [2.45, 2.75) is 18.9 Å². The molecule has 5 rings (SSSR count). The Morgan fingerprint density at radius 2 is 1.88 bits per heavy atom. The first-order valence-electron chi connectivity index (χ1n) is 8.44. The summed E-state index contributed by atoms with van der Waals surface area (Å²) in [6, 6.07) is 16.1. The molecule has 0 saturated heterocycles. The van der Waals surface area contributed by atoms with Crippen LogP contribution in [0.25, 0.3) is 5.69 Å². The maximum Gasteiger partial charge on any atom is 0.257 e. The first kappa shape index (κ1) is 14.7. The molecule has 2 aromatic carbocycles. The van der Waals surface area contributed by atoms with Gasteiger partial charge in [0.1, 0.15) is 0 Å². The largest absolute Gasteiger partial charge is 0.331 e. The Morgan fingerprint density at radius 1 is 1.08 bits per heavy atom. The van der Waals surface area contributed by atoms with E-state index in [-0.39, 0.29) is 11.9 Å². The van der Waals surface area contributed by atoms with Crippen LogP contribution in [0.5, 0.6) is 0 Å². The van der Waals surface area contributed by atoms with Crippen LogP contribution in [0, 0.1) is 0 Å². The summed E-state index contributed by atoms with van der Waals surface area (Å²) in [5, 5.41) is 5.18. The van der Waals surface area contributed by atoms with E-state index in [0.29, 0.717) is 10.6 Å². The molecule has 0 radical (unpaired) electrons. The molecule has 1 amide bonds. The molecule has 3 heterocycles. The summed E-state index contributed by atoms with van der Waals surface area (Å²) < 4.78 is 1.87. The van der Waals surface area contributed by atoms with Crippen molar-refractivity contribution in [1.29, 1.82) is 0 Å². The van der Waals surface area contributed by atoms with Crippen LogP contribution in [0.15, 0.2) is 54.7 Å². The van der Waals surface area contributed by atoms with Crippen molar-refractivity contribution >= 4 is 17.5 Å². The van der Waals surface area contributed by atoms with Crippen molar-refractivity contribution in [3.63, 3.8) is 0 Å². The highest BCUT2D eigenvalue weighted by Crippen LogP contribution is 2.38. The summed E-state index contributed by atoms with van der Waals surface area (Å²) in [5.41, 5.74) is 5.22. The average Bonchev–Trinajstić information content (AvgIpc) is 3.07. The fourth-order valence-corrected chi connectivity index (χ4v) is 4.13. The van der Waals surface area contributed by atoms with Crippen LogP contribution < -0.4 is 0 Å². The lowest BCUT2D eigenvalue weighted by Gasteiger charge is -2.40. The highest BCUT2D eigenvalue weighted by molar-refractivity contribution is 6.30. The maximum absolute atomic E-state index is 13.0. The van der Waals surface area contributed by atoms with Gasteiger partial charge in [0.05, 0.1) is 29.2 Å². The van der Waals surface area contributed by atoms with Crippen molar-refractivity contribution < 1.29 is 4.79 Å². The van der Waals surface area contributed by atoms with Gasteiger partial charge in [0.15, 0.2) is 0 Å². The zero-order chi connectivity index (χ0) is 17.0. The van der Waals surface area contributed by atoms with Gasteiger partial charge in [-0.15, -0.1) is 0 Å². The molecule has 124 valence electrons. The molecular weight excluding hydrogens is 334 g/mol. The van der Waals surface area contributed by atoms with Gasteiger partial charge in [0, 0.05) is 18.0 Å². The quantitative estimate of drug-likeness (QED) is 0.669. The van der Waals surface area contributed by atoms with Gasteiger partial charge in [-0.1, -0.05) is 35.9 Å². The molecule has 1 aromatic heterocycles. The Kier molecular flexibility index (Phi) is 3.22. The van der Waals surface area contributed by atoms with Crippen molar-refractivity contribution in [3.05, 3.63) is 82.1 Å². The van der Waals surface area contributed by atoms with Gasteiger partial charge in [0.25, 0.3) is 5.91 Å². The molecule has 0 bridgehead atoms. The number of halogens is 1. The second kappa shape index (κ2) is 5.46. The predicted molar refractivity (Wildman–Crippen MR) is 96.2 cm³/mol. The number of hydrogen-bond acceptors (Lipinski definition) is 2. The molecule has 0 unspecified atom stereocenters. The van der Waals surface area contributed by atoms with E-state index in [0.717, 1.165) is 30.8 Å². The number of carbonyl (C=O) groups excluding carboxylic acids is 1. The van der Waals surface area contributed by atoms with Gasteiger partial charge >= 0.3 is 0 Å². The molecule has 0 aliphatic carbocycles. The second-order valence-electron chi connectivity index (χ2n) is 6.56. The van der Waals surface area contributed by atoms with Gasteiger partial charge in [-0.25, -0.2) is 4.68 Å². The third-order valence-corrected chi connectivity index (χ3v) is 5.48. The smallest absolute Gasteiger partial charge is 0.257 e. The minimum absolute atomic E-state index is 0.0842. The molecule has 2 aliphatic rings. The van der Waals surface area contributed by atoms with Crippen LogP contribution in [0.2, 0.25) is 5.02 Å². The molecule has 0 saturated carbocycles. The summed E-state index contributed by atoms with van der Waals surface area (Å²) in [4.78, 5) is 15.0. The summed E-state index contributed by atoms with van der Waals surface area (Å²) in [6.07, 6.45) is 3.39. The van der Waals surface area contributed by atoms with Crippen molar-refractivity contribution in [2.24, 2.45) is 0 Å². The van der Waals surface area contributed by atoms with Crippen LogP contribution in [-0.2, 0) is 12.8 Å². The molecular formula is C20H16ClN3O. The van der Waals surface area contributed by atoms with Crippen molar-refractivity contribution in [2.75, 3.05) is 6.54 Å². The number of aromatic nitrogens is 2. The number of hydrogen-bond donors (Lipinski definition) is 0. The van der Waals surface area contributed by atoms with Crippen LogP contribution in [0.3, 0.4) is 0 Å². The Labute approximate surface area is 150 Å². The highest BCUT2D eigenvalue weighted by Gasteiger charge is 2.38. The standard InChI is InChI=1S/C20H16ClN3O/c21-14-5-7-15(8-6-14)24-19-11-18-16-4-2-1-3-13(16)9-10-23(18)20(25)17(19)12-22-24/h1-8,12,18H,9-11H2/t18-/m1/s1. The van der Waals surface area contributed by atoms with E-state index >= 15 is 0 Å². The number of fused-ring (bicyclic) bond motifs is 4.